The summed E-state index contributed by atoms with van der Waals surface area (Å²) >= 11 is 12.0. The molecule has 0 aromatic heterocycles. The van der Waals surface area contributed by atoms with Crippen LogP contribution >= 0.6 is 23.2 Å². The van der Waals surface area contributed by atoms with Crippen molar-refractivity contribution in [3.63, 3.8) is 0 Å². The van der Waals surface area contributed by atoms with E-state index in [1.165, 1.54) is 19.3 Å². The molecule has 1 N–H and O–H groups in total. The summed E-state index contributed by atoms with van der Waals surface area (Å²) in [5.41, 5.74) is 0.676. The minimum atomic E-state index is 0.147. The highest BCUT2D eigenvalue weighted by Crippen LogP contribution is 2.63. The van der Waals surface area contributed by atoms with Gasteiger partial charge in [0.05, 0.1) is 10.7 Å². The van der Waals surface area contributed by atoms with Crippen LogP contribution < -0.4 is 5.32 Å². The van der Waals surface area contributed by atoms with E-state index in [4.69, 9.17) is 23.2 Å². The van der Waals surface area contributed by atoms with Gasteiger partial charge in [-0.1, -0.05) is 23.2 Å². The topological polar surface area (TPSA) is 29.1 Å². The first-order valence-corrected chi connectivity index (χ1v) is 8.15. The molecule has 2 nitrogen and oxygen atoms in total. The zero-order chi connectivity index (χ0) is 13.9. The fourth-order valence-electron chi connectivity index (χ4n) is 4.75. The van der Waals surface area contributed by atoms with Crippen LogP contribution in [0.1, 0.15) is 25.7 Å². The molecular weight excluding hydrogens is 293 g/mol. The minimum Gasteiger partial charge on any atom is -0.325 e. The monoisotopic (exact) mass is 309 g/mol. The number of halogens is 2. The number of rotatable bonds is 2. The summed E-state index contributed by atoms with van der Waals surface area (Å²) in [5, 5.41) is 4.10. The van der Waals surface area contributed by atoms with E-state index in [1.54, 1.807) is 18.2 Å². The number of hydrogen-bond acceptors (Lipinski definition) is 1. The van der Waals surface area contributed by atoms with Crippen molar-refractivity contribution >= 4 is 34.8 Å². The van der Waals surface area contributed by atoms with Crippen LogP contribution in [0.25, 0.3) is 0 Å². The predicted octanol–water partition coefficient (Wildman–Crippen LogP) is 4.61. The van der Waals surface area contributed by atoms with Gasteiger partial charge >= 0.3 is 0 Å². The lowest BCUT2D eigenvalue weighted by Crippen LogP contribution is -2.41. The van der Waals surface area contributed by atoms with Crippen LogP contribution in [0, 0.1) is 29.6 Å². The van der Waals surface area contributed by atoms with E-state index in [0.29, 0.717) is 21.7 Å². The molecule has 0 heterocycles. The second-order valence-corrected chi connectivity index (χ2v) is 7.36. The molecule has 0 radical (unpaired) electrons. The normalized spacial score (nSPS) is 37.4. The van der Waals surface area contributed by atoms with E-state index >= 15 is 0 Å². The van der Waals surface area contributed by atoms with E-state index in [-0.39, 0.29) is 11.8 Å². The van der Waals surface area contributed by atoms with Crippen molar-refractivity contribution < 1.29 is 4.79 Å². The van der Waals surface area contributed by atoms with Crippen LogP contribution in [-0.2, 0) is 4.79 Å². The van der Waals surface area contributed by atoms with E-state index in [2.05, 4.69) is 5.32 Å². The molecule has 5 atom stereocenters. The minimum absolute atomic E-state index is 0.147. The van der Waals surface area contributed by atoms with Gasteiger partial charge in [0, 0.05) is 10.9 Å². The summed E-state index contributed by atoms with van der Waals surface area (Å²) in [4.78, 5) is 12.6. The maximum atomic E-state index is 12.6. The van der Waals surface area contributed by atoms with Gasteiger partial charge in [0.2, 0.25) is 5.91 Å². The highest BCUT2D eigenvalue weighted by molar-refractivity contribution is 6.36. The van der Waals surface area contributed by atoms with Crippen molar-refractivity contribution in [2.75, 3.05) is 5.32 Å². The van der Waals surface area contributed by atoms with Gasteiger partial charge in [-0.25, -0.2) is 0 Å². The van der Waals surface area contributed by atoms with Gasteiger partial charge in [0.25, 0.3) is 0 Å². The zero-order valence-electron chi connectivity index (χ0n) is 11.1. The smallest absolute Gasteiger partial charge is 0.227 e. The summed E-state index contributed by atoms with van der Waals surface area (Å²) in [6.07, 6.45) is 5.01. The summed E-state index contributed by atoms with van der Waals surface area (Å²) in [6, 6.07) is 5.21. The Hall–Kier alpha value is -0.730. The van der Waals surface area contributed by atoms with Crippen molar-refractivity contribution in [1.29, 1.82) is 0 Å². The SMILES string of the molecule is O=C(Nc1ccc(Cl)cc1Cl)C1CC2C3CCC1C2C3. The molecule has 4 rings (SSSR count). The predicted molar refractivity (Wildman–Crippen MR) is 81.0 cm³/mol. The summed E-state index contributed by atoms with van der Waals surface area (Å²) in [6.45, 7) is 0. The van der Waals surface area contributed by atoms with Gasteiger partial charge in [-0.3, -0.25) is 4.79 Å². The molecule has 3 saturated carbocycles. The van der Waals surface area contributed by atoms with Gasteiger partial charge in [-0.15, -0.1) is 0 Å². The fourth-order valence-corrected chi connectivity index (χ4v) is 5.21. The number of nitrogens with one attached hydrogen (secondary N) is 1. The molecule has 5 unspecified atom stereocenters. The Bertz CT molecular complexity index is 572. The van der Waals surface area contributed by atoms with Gasteiger partial charge in [0.1, 0.15) is 0 Å². The zero-order valence-corrected chi connectivity index (χ0v) is 12.6. The van der Waals surface area contributed by atoms with Crippen LogP contribution in [0.4, 0.5) is 5.69 Å². The molecule has 4 bridgehead atoms. The number of hydrogen-bond donors (Lipinski definition) is 1. The Balaban J connectivity index is 1.51. The third-order valence-corrected chi connectivity index (χ3v) is 6.27. The lowest BCUT2D eigenvalue weighted by atomic mass is 9.57. The third-order valence-electron chi connectivity index (χ3n) is 5.72. The van der Waals surface area contributed by atoms with E-state index in [1.807, 2.05) is 0 Å². The average Bonchev–Trinajstić information content (AvgIpc) is 2.60. The van der Waals surface area contributed by atoms with Gasteiger partial charge < -0.3 is 5.32 Å². The van der Waals surface area contributed by atoms with Crippen molar-refractivity contribution in [2.45, 2.75) is 25.7 Å². The molecule has 20 heavy (non-hydrogen) atoms. The van der Waals surface area contributed by atoms with Gasteiger partial charge in [-0.05, 0) is 67.6 Å². The van der Waals surface area contributed by atoms with E-state index < -0.39 is 0 Å². The molecule has 1 aromatic carbocycles. The lowest BCUT2D eigenvalue weighted by Gasteiger charge is -2.48. The van der Waals surface area contributed by atoms with Gasteiger partial charge in [-0.2, -0.15) is 0 Å². The molecule has 3 aliphatic carbocycles. The first kappa shape index (κ1) is 13.0. The first-order valence-electron chi connectivity index (χ1n) is 7.39. The highest BCUT2D eigenvalue weighted by Gasteiger charge is 2.58. The Labute approximate surface area is 128 Å². The van der Waals surface area contributed by atoms with E-state index in [9.17, 15) is 4.79 Å². The second-order valence-electron chi connectivity index (χ2n) is 6.52. The highest BCUT2D eigenvalue weighted by atomic mass is 35.5. The molecule has 1 aromatic rings. The third kappa shape index (κ3) is 1.88. The van der Waals surface area contributed by atoms with Crippen LogP contribution in [0.5, 0.6) is 0 Å². The summed E-state index contributed by atoms with van der Waals surface area (Å²) in [5.74, 6) is 3.50. The van der Waals surface area contributed by atoms with Crippen LogP contribution in [0.3, 0.4) is 0 Å². The summed E-state index contributed by atoms with van der Waals surface area (Å²) < 4.78 is 0. The molecule has 3 fully saturated rings. The number of benzene rings is 1. The molecule has 0 aliphatic heterocycles. The average molecular weight is 310 g/mol. The first-order chi connectivity index (χ1) is 9.63. The Morgan fingerprint density at radius 3 is 2.65 bits per heavy atom. The Morgan fingerprint density at radius 1 is 1.10 bits per heavy atom. The Morgan fingerprint density at radius 2 is 1.95 bits per heavy atom. The van der Waals surface area contributed by atoms with E-state index in [0.717, 1.165) is 24.2 Å². The van der Waals surface area contributed by atoms with Crippen LogP contribution in [0.15, 0.2) is 18.2 Å². The fraction of sp³-hybridized carbons (Fsp3) is 0.562. The number of carbonyl (C=O) groups is 1. The molecule has 3 aliphatic rings. The maximum Gasteiger partial charge on any atom is 0.227 e. The number of anilines is 1. The molecule has 106 valence electrons. The Kier molecular flexibility index (Phi) is 3.01. The molecule has 0 saturated heterocycles. The van der Waals surface area contributed by atoms with Crippen LogP contribution in [0.2, 0.25) is 10.0 Å². The molecule has 1 amide bonds. The maximum absolute atomic E-state index is 12.6. The van der Waals surface area contributed by atoms with Crippen molar-refractivity contribution in [3.05, 3.63) is 28.2 Å². The molecular formula is C16H17Cl2NO. The quantitative estimate of drug-likeness (QED) is 0.849. The molecule has 4 heteroatoms. The van der Waals surface area contributed by atoms with Crippen molar-refractivity contribution in [3.8, 4) is 0 Å². The number of carbonyl (C=O) groups excluding carboxylic acids is 1. The number of amides is 1. The molecule has 0 spiro atoms. The van der Waals surface area contributed by atoms with Crippen molar-refractivity contribution in [1.82, 2.24) is 0 Å². The standard InChI is InChI=1S/C16H17Cl2NO/c17-9-2-4-15(14(18)6-9)19-16(20)13-7-11-8-1-3-10(13)12(11)5-8/h2,4,6,8,10-13H,1,3,5,7H2,(H,19,20). The van der Waals surface area contributed by atoms with Crippen LogP contribution in [-0.4, -0.2) is 5.91 Å². The van der Waals surface area contributed by atoms with Gasteiger partial charge in [0.15, 0.2) is 0 Å². The van der Waals surface area contributed by atoms with Crippen molar-refractivity contribution in [2.24, 2.45) is 29.6 Å². The summed E-state index contributed by atoms with van der Waals surface area (Å²) in [7, 11) is 0. The second kappa shape index (κ2) is 4.64. The lowest BCUT2D eigenvalue weighted by molar-refractivity contribution is -0.121. The largest absolute Gasteiger partial charge is 0.325 e.